The van der Waals surface area contributed by atoms with Crippen LogP contribution in [0.1, 0.15) is 33.7 Å². The Labute approximate surface area is 91.6 Å². The summed E-state index contributed by atoms with van der Waals surface area (Å²) in [6, 6.07) is 1.40. The molecule has 4 N–H and O–H groups in total. The Morgan fingerprint density at radius 1 is 1.31 bits per heavy atom. The number of nitrogens with zero attached hydrogens (tertiary/aromatic N) is 1. The van der Waals surface area contributed by atoms with E-state index in [1.807, 2.05) is 0 Å². The second-order valence-electron chi connectivity index (χ2n) is 3.61. The van der Waals surface area contributed by atoms with Gasteiger partial charge in [0, 0.05) is 0 Å². The number of carbonyl (C=O) groups excluding carboxylic acids is 2. The van der Waals surface area contributed by atoms with Gasteiger partial charge in [0.25, 0.3) is 11.8 Å². The van der Waals surface area contributed by atoms with E-state index in [4.69, 9.17) is 16.2 Å². The van der Waals surface area contributed by atoms with Crippen molar-refractivity contribution in [3.63, 3.8) is 0 Å². The topological polar surface area (TPSA) is 108 Å². The summed E-state index contributed by atoms with van der Waals surface area (Å²) in [5.74, 6) is -1.10. The van der Waals surface area contributed by atoms with Gasteiger partial charge in [0.05, 0.1) is 17.9 Å². The minimum atomic E-state index is -0.785. The molecule has 1 aromatic rings. The van der Waals surface area contributed by atoms with E-state index in [0.717, 1.165) is 12.8 Å². The first-order chi connectivity index (χ1) is 7.58. The van der Waals surface area contributed by atoms with E-state index in [-0.39, 0.29) is 17.4 Å². The van der Waals surface area contributed by atoms with Crippen molar-refractivity contribution in [1.29, 1.82) is 0 Å². The highest BCUT2D eigenvalue weighted by molar-refractivity contribution is 6.04. The summed E-state index contributed by atoms with van der Waals surface area (Å²) < 4.78 is 5.43. The number of rotatable bonds is 4. The Morgan fingerprint density at radius 3 is 2.50 bits per heavy atom. The Bertz CT molecular complexity index is 455. The molecular weight excluding hydrogens is 210 g/mol. The molecule has 2 rings (SSSR count). The molecule has 1 aliphatic carbocycles. The Kier molecular flexibility index (Phi) is 2.47. The van der Waals surface area contributed by atoms with Crippen molar-refractivity contribution < 1.29 is 14.3 Å². The standard InChI is InChI=1S/C10H11N3O3/c11-9(14)7-3-6(16-5-1-2-5)4-13-8(7)10(12)15/h3-5H,1-2H2,(H2,11,14)(H2,12,15). The van der Waals surface area contributed by atoms with E-state index in [1.165, 1.54) is 12.3 Å². The van der Waals surface area contributed by atoms with E-state index < -0.39 is 11.8 Å². The second kappa shape index (κ2) is 3.80. The maximum absolute atomic E-state index is 11.1. The predicted octanol–water partition coefficient (Wildman–Crippen LogP) is -0.179. The van der Waals surface area contributed by atoms with Gasteiger partial charge in [0.1, 0.15) is 11.4 Å². The first-order valence-electron chi connectivity index (χ1n) is 4.84. The Morgan fingerprint density at radius 2 is 2.00 bits per heavy atom. The summed E-state index contributed by atoms with van der Waals surface area (Å²) in [6.07, 6.45) is 3.53. The SMILES string of the molecule is NC(=O)c1cc(OC2CC2)cnc1C(N)=O. The lowest BCUT2D eigenvalue weighted by Gasteiger charge is -2.07. The minimum Gasteiger partial charge on any atom is -0.489 e. The van der Waals surface area contributed by atoms with E-state index in [2.05, 4.69) is 4.98 Å². The van der Waals surface area contributed by atoms with Crippen LogP contribution in [0.25, 0.3) is 0 Å². The lowest BCUT2D eigenvalue weighted by Crippen LogP contribution is -2.22. The molecule has 0 unspecified atom stereocenters. The zero-order valence-electron chi connectivity index (χ0n) is 8.47. The lowest BCUT2D eigenvalue weighted by molar-refractivity contribution is 0.0963. The van der Waals surface area contributed by atoms with Crippen molar-refractivity contribution in [2.45, 2.75) is 18.9 Å². The number of aromatic nitrogens is 1. The normalized spacial score (nSPS) is 14.5. The van der Waals surface area contributed by atoms with Crippen molar-refractivity contribution in [2.75, 3.05) is 0 Å². The summed E-state index contributed by atoms with van der Waals surface area (Å²) >= 11 is 0. The van der Waals surface area contributed by atoms with Crippen LogP contribution in [0, 0.1) is 0 Å². The molecule has 0 radical (unpaired) electrons. The lowest BCUT2D eigenvalue weighted by atomic mass is 10.1. The van der Waals surface area contributed by atoms with Gasteiger partial charge in [-0.3, -0.25) is 9.59 Å². The number of hydrogen-bond acceptors (Lipinski definition) is 4. The van der Waals surface area contributed by atoms with E-state index in [0.29, 0.717) is 5.75 Å². The number of hydrogen-bond donors (Lipinski definition) is 2. The van der Waals surface area contributed by atoms with E-state index >= 15 is 0 Å². The van der Waals surface area contributed by atoms with Crippen molar-refractivity contribution >= 4 is 11.8 Å². The summed E-state index contributed by atoms with van der Waals surface area (Å²) in [5.41, 5.74) is 10.1. The fraction of sp³-hybridized carbons (Fsp3) is 0.300. The average Bonchev–Trinajstić information content (AvgIpc) is 3.01. The van der Waals surface area contributed by atoms with Crippen LogP contribution < -0.4 is 16.2 Å². The maximum atomic E-state index is 11.1. The van der Waals surface area contributed by atoms with Crippen LogP contribution >= 0.6 is 0 Å². The average molecular weight is 221 g/mol. The highest BCUT2D eigenvalue weighted by Crippen LogP contribution is 2.27. The van der Waals surface area contributed by atoms with Crippen LogP contribution in [0.3, 0.4) is 0 Å². The predicted molar refractivity (Wildman–Crippen MR) is 54.9 cm³/mol. The first-order valence-corrected chi connectivity index (χ1v) is 4.84. The quantitative estimate of drug-likeness (QED) is 0.735. The third-order valence-corrected chi connectivity index (χ3v) is 2.19. The minimum absolute atomic E-state index is 0.00866. The molecule has 1 fully saturated rings. The molecule has 84 valence electrons. The first kappa shape index (κ1) is 10.4. The zero-order chi connectivity index (χ0) is 11.7. The molecule has 0 spiro atoms. The number of ether oxygens (including phenoxy) is 1. The summed E-state index contributed by atoms with van der Waals surface area (Å²) in [7, 11) is 0. The molecule has 6 heteroatoms. The van der Waals surface area contributed by atoms with Gasteiger partial charge >= 0.3 is 0 Å². The van der Waals surface area contributed by atoms with Crippen molar-refractivity contribution in [3.8, 4) is 5.75 Å². The van der Waals surface area contributed by atoms with Crippen LogP contribution in [0.4, 0.5) is 0 Å². The van der Waals surface area contributed by atoms with Gasteiger partial charge in [-0.05, 0) is 18.9 Å². The van der Waals surface area contributed by atoms with Crippen molar-refractivity contribution in [2.24, 2.45) is 11.5 Å². The molecule has 1 aromatic heterocycles. The molecule has 0 bridgehead atoms. The van der Waals surface area contributed by atoms with Crippen LogP contribution in [0.15, 0.2) is 12.3 Å². The molecule has 16 heavy (non-hydrogen) atoms. The fourth-order valence-corrected chi connectivity index (χ4v) is 1.27. The molecule has 0 aromatic carbocycles. The zero-order valence-corrected chi connectivity index (χ0v) is 8.47. The molecule has 0 aliphatic heterocycles. The van der Waals surface area contributed by atoms with Gasteiger partial charge in [-0.1, -0.05) is 0 Å². The highest BCUT2D eigenvalue weighted by Gasteiger charge is 2.24. The van der Waals surface area contributed by atoms with Gasteiger partial charge in [0.2, 0.25) is 0 Å². The third-order valence-electron chi connectivity index (χ3n) is 2.19. The third kappa shape index (κ3) is 2.10. The summed E-state index contributed by atoms with van der Waals surface area (Å²) in [6.45, 7) is 0. The van der Waals surface area contributed by atoms with Gasteiger partial charge in [-0.25, -0.2) is 4.98 Å². The number of amides is 2. The molecule has 0 saturated heterocycles. The number of primary amides is 2. The van der Waals surface area contributed by atoms with Crippen LogP contribution in [-0.2, 0) is 0 Å². The molecule has 1 aliphatic rings. The van der Waals surface area contributed by atoms with Crippen LogP contribution in [0.5, 0.6) is 5.75 Å². The van der Waals surface area contributed by atoms with Gasteiger partial charge in [0.15, 0.2) is 0 Å². The summed E-state index contributed by atoms with van der Waals surface area (Å²) in [4.78, 5) is 25.9. The van der Waals surface area contributed by atoms with Gasteiger partial charge in [-0.2, -0.15) is 0 Å². The highest BCUT2D eigenvalue weighted by atomic mass is 16.5. The number of pyridine rings is 1. The van der Waals surface area contributed by atoms with E-state index in [9.17, 15) is 9.59 Å². The largest absolute Gasteiger partial charge is 0.489 e. The second-order valence-corrected chi connectivity index (χ2v) is 3.61. The Hall–Kier alpha value is -2.11. The molecule has 0 atom stereocenters. The summed E-state index contributed by atoms with van der Waals surface area (Å²) in [5, 5.41) is 0. The molecule has 1 heterocycles. The van der Waals surface area contributed by atoms with Crippen LogP contribution in [-0.4, -0.2) is 22.9 Å². The monoisotopic (exact) mass is 221 g/mol. The van der Waals surface area contributed by atoms with E-state index in [1.54, 1.807) is 0 Å². The number of carbonyl (C=O) groups is 2. The van der Waals surface area contributed by atoms with Crippen LogP contribution in [0.2, 0.25) is 0 Å². The molecule has 1 saturated carbocycles. The maximum Gasteiger partial charge on any atom is 0.268 e. The Balaban J connectivity index is 2.34. The molecular formula is C10H11N3O3. The number of nitrogens with two attached hydrogens (primary N) is 2. The van der Waals surface area contributed by atoms with Gasteiger partial charge < -0.3 is 16.2 Å². The smallest absolute Gasteiger partial charge is 0.268 e. The fourth-order valence-electron chi connectivity index (χ4n) is 1.27. The van der Waals surface area contributed by atoms with Gasteiger partial charge in [-0.15, -0.1) is 0 Å². The molecule has 2 amide bonds. The van der Waals surface area contributed by atoms with Crippen molar-refractivity contribution in [1.82, 2.24) is 4.98 Å². The van der Waals surface area contributed by atoms with Crippen molar-refractivity contribution in [3.05, 3.63) is 23.5 Å². The molecule has 6 nitrogen and oxygen atoms in total.